The van der Waals surface area contributed by atoms with Crippen molar-refractivity contribution in [2.75, 3.05) is 36.4 Å². The SMILES string of the molecule is Cc1cccc(C(=O)Nc2ccc(N3CCN(Cc4ccccc4)CC3)nc2)c1-c1ccc(C(C)C)cc1. The van der Waals surface area contributed by atoms with Gasteiger partial charge in [0.15, 0.2) is 0 Å². The normalized spacial score (nSPS) is 14.1. The Morgan fingerprint density at radius 1 is 0.868 bits per heavy atom. The molecule has 0 atom stereocenters. The smallest absolute Gasteiger partial charge is 0.256 e. The van der Waals surface area contributed by atoms with E-state index in [0.717, 1.165) is 55.2 Å². The van der Waals surface area contributed by atoms with Gasteiger partial charge in [-0.3, -0.25) is 9.69 Å². The van der Waals surface area contributed by atoms with Crippen LogP contribution in [0, 0.1) is 6.92 Å². The lowest BCUT2D eigenvalue weighted by Crippen LogP contribution is -2.46. The summed E-state index contributed by atoms with van der Waals surface area (Å²) < 4.78 is 0. The fourth-order valence-corrected chi connectivity index (χ4v) is 5.10. The van der Waals surface area contributed by atoms with E-state index in [1.165, 1.54) is 11.1 Å². The van der Waals surface area contributed by atoms with Gasteiger partial charge in [0.25, 0.3) is 5.91 Å². The second-order valence-electron chi connectivity index (χ2n) is 10.4. The lowest BCUT2D eigenvalue weighted by Gasteiger charge is -2.35. The van der Waals surface area contributed by atoms with Gasteiger partial charge >= 0.3 is 0 Å². The third-order valence-corrected chi connectivity index (χ3v) is 7.33. The average molecular weight is 505 g/mol. The Hall–Kier alpha value is -3.96. The van der Waals surface area contributed by atoms with Gasteiger partial charge in [0.05, 0.1) is 11.9 Å². The Bertz CT molecular complexity index is 1360. The second-order valence-corrected chi connectivity index (χ2v) is 10.4. The van der Waals surface area contributed by atoms with Crippen molar-refractivity contribution in [3.8, 4) is 11.1 Å². The number of carbonyl (C=O) groups excluding carboxylic acids is 1. The molecule has 1 aliphatic heterocycles. The van der Waals surface area contributed by atoms with Crippen LogP contribution in [0.15, 0.2) is 91.1 Å². The maximum absolute atomic E-state index is 13.4. The van der Waals surface area contributed by atoms with E-state index in [9.17, 15) is 4.79 Å². The van der Waals surface area contributed by atoms with Crippen molar-refractivity contribution >= 4 is 17.4 Å². The van der Waals surface area contributed by atoms with Crippen LogP contribution in [0.5, 0.6) is 0 Å². The summed E-state index contributed by atoms with van der Waals surface area (Å²) in [4.78, 5) is 22.8. The number of nitrogens with one attached hydrogen (secondary N) is 1. The molecule has 0 aliphatic carbocycles. The number of piperazine rings is 1. The van der Waals surface area contributed by atoms with Crippen LogP contribution in [-0.4, -0.2) is 42.0 Å². The molecular formula is C33H36N4O. The van der Waals surface area contributed by atoms with Crippen LogP contribution in [0.25, 0.3) is 11.1 Å². The number of nitrogens with zero attached hydrogens (tertiary/aromatic N) is 3. The molecule has 0 spiro atoms. The number of benzene rings is 3. The Morgan fingerprint density at radius 2 is 1.61 bits per heavy atom. The summed E-state index contributed by atoms with van der Waals surface area (Å²) in [5.74, 6) is 1.29. The number of rotatable bonds is 7. The van der Waals surface area contributed by atoms with Gasteiger partial charge in [0.1, 0.15) is 5.82 Å². The average Bonchev–Trinajstić information content (AvgIpc) is 2.94. The molecule has 1 aromatic heterocycles. The molecule has 194 valence electrons. The Morgan fingerprint density at radius 3 is 2.26 bits per heavy atom. The molecule has 1 saturated heterocycles. The van der Waals surface area contributed by atoms with Crippen LogP contribution in [-0.2, 0) is 6.54 Å². The summed E-state index contributed by atoms with van der Waals surface area (Å²) >= 11 is 0. The van der Waals surface area contributed by atoms with Crippen LogP contribution in [0.1, 0.15) is 46.8 Å². The molecule has 1 N–H and O–H groups in total. The molecule has 0 bridgehead atoms. The Balaban J connectivity index is 1.23. The lowest BCUT2D eigenvalue weighted by molar-refractivity contribution is 0.102. The minimum absolute atomic E-state index is 0.124. The maximum atomic E-state index is 13.4. The van der Waals surface area contributed by atoms with E-state index >= 15 is 0 Å². The van der Waals surface area contributed by atoms with Gasteiger partial charge in [0, 0.05) is 38.3 Å². The van der Waals surface area contributed by atoms with E-state index in [0.29, 0.717) is 17.2 Å². The monoisotopic (exact) mass is 504 g/mol. The number of aryl methyl sites for hydroxylation is 1. The minimum Gasteiger partial charge on any atom is -0.354 e. The molecule has 0 saturated carbocycles. The predicted octanol–water partition coefficient (Wildman–Crippen LogP) is 6.75. The van der Waals surface area contributed by atoms with E-state index in [1.807, 2.05) is 24.3 Å². The van der Waals surface area contributed by atoms with Gasteiger partial charge in [-0.05, 0) is 58.9 Å². The molecule has 5 heteroatoms. The highest BCUT2D eigenvalue weighted by atomic mass is 16.1. The van der Waals surface area contributed by atoms with Crippen LogP contribution in [0.4, 0.5) is 11.5 Å². The van der Waals surface area contributed by atoms with Gasteiger partial charge in [-0.25, -0.2) is 4.98 Å². The topological polar surface area (TPSA) is 48.5 Å². The summed E-state index contributed by atoms with van der Waals surface area (Å²) in [6.45, 7) is 11.3. The van der Waals surface area contributed by atoms with Crippen molar-refractivity contribution in [3.05, 3.63) is 113 Å². The highest BCUT2D eigenvalue weighted by molar-refractivity contribution is 6.09. The molecule has 2 heterocycles. The van der Waals surface area contributed by atoms with E-state index in [4.69, 9.17) is 0 Å². The minimum atomic E-state index is -0.124. The third kappa shape index (κ3) is 5.95. The number of hydrogen-bond acceptors (Lipinski definition) is 4. The van der Waals surface area contributed by atoms with Crippen LogP contribution in [0.2, 0.25) is 0 Å². The largest absolute Gasteiger partial charge is 0.354 e. The van der Waals surface area contributed by atoms with Crippen LogP contribution >= 0.6 is 0 Å². The molecule has 5 rings (SSSR count). The molecule has 0 radical (unpaired) electrons. The first-order chi connectivity index (χ1) is 18.5. The van der Waals surface area contributed by atoms with Crippen molar-refractivity contribution in [2.45, 2.75) is 33.2 Å². The number of hydrogen-bond donors (Lipinski definition) is 1. The fourth-order valence-electron chi connectivity index (χ4n) is 5.10. The fraction of sp³-hybridized carbons (Fsp3) is 0.273. The highest BCUT2D eigenvalue weighted by Crippen LogP contribution is 2.30. The van der Waals surface area contributed by atoms with Crippen molar-refractivity contribution in [3.63, 3.8) is 0 Å². The van der Waals surface area contributed by atoms with Crippen molar-refractivity contribution in [1.29, 1.82) is 0 Å². The van der Waals surface area contributed by atoms with Crippen LogP contribution in [0.3, 0.4) is 0 Å². The van der Waals surface area contributed by atoms with Gasteiger partial charge < -0.3 is 10.2 Å². The first kappa shape index (κ1) is 25.7. The van der Waals surface area contributed by atoms with Gasteiger partial charge in [-0.15, -0.1) is 0 Å². The van der Waals surface area contributed by atoms with Crippen LogP contribution < -0.4 is 10.2 Å². The number of anilines is 2. The van der Waals surface area contributed by atoms with E-state index in [2.05, 4.69) is 102 Å². The summed E-state index contributed by atoms with van der Waals surface area (Å²) in [5, 5.41) is 3.06. The highest BCUT2D eigenvalue weighted by Gasteiger charge is 2.19. The summed E-state index contributed by atoms with van der Waals surface area (Å²) in [6, 6.07) is 29.0. The maximum Gasteiger partial charge on any atom is 0.256 e. The molecular weight excluding hydrogens is 468 g/mol. The molecule has 0 unspecified atom stereocenters. The van der Waals surface area contributed by atoms with Crippen molar-refractivity contribution in [2.24, 2.45) is 0 Å². The Labute approximate surface area is 226 Å². The molecule has 1 fully saturated rings. The first-order valence-corrected chi connectivity index (χ1v) is 13.5. The van der Waals surface area contributed by atoms with E-state index in [-0.39, 0.29) is 5.91 Å². The number of pyridine rings is 1. The molecule has 4 aromatic rings. The molecule has 1 amide bonds. The molecule has 5 nitrogen and oxygen atoms in total. The van der Waals surface area contributed by atoms with Gasteiger partial charge in [-0.1, -0.05) is 80.6 Å². The zero-order chi connectivity index (χ0) is 26.5. The quantitative estimate of drug-likeness (QED) is 0.302. The van der Waals surface area contributed by atoms with E-state index < -0.39 is 0 Å². The lowest BCUT2D eigenvalue weighted by atomic mass is 9.92. The summed E-state index contributed by atoms with van der Waals surface area (Å²) in [7, 11) is 0. The predicted molar refractivity (Wildman–Crippen MR) is 157 cm³/mol. The second kappa shape index (κ2) is 11.6. The van der Waals surface area contributed by atoms with Crippen molar-refractivity contribution < 1.29 is 4.79 Å². The van der Waals surface area contributed by atoms with Gasteiger partial charge in [0.2, 0.25) is 0 Å². The van der Waals surface area contributed by atoms with E-state index in [1.54, 1.807) is 6.20 Å². The third-order valence-electron chi connectivity index (χ3n) is 7.33. The Kier molecular flexibility index (Phi) is 7.85. The number of amides is 1. The zero-order valence-electron chi connectivity index (χ0n) is 22.5. The van der Waals surface area contributed by atoms with Crippen molar-refractivity contribution in [1.82, 2.24) is 9.88 Å². The first-order valence-electron chi connectivity index (χ1n) is 13.5. The van der Waals surface area contributed by atoms with Gasteiger partial charge in [-0.2, -0.15) is 0 Å². The standard InChI is InChI=1S/C33H36N4O/c1-24(2)27-12-14-28(15-13-27)32-25(3)8-7-11-30(32)33(38)35-29-16-17-31(34-22-29)37-20-18-36(19-21-37)23-26-9-5-4-6-10-26/h4-17,22,24H,18-21,23H2,1-3H3,(H,35,38). The summed E-state index contributed by atoms with van der Waals surface area (Å²) in [5.41, 5.74) is 7.11. The number of carbonyl (C=O) groups is 1. The molecule has 38 heavy (non-hydrogen) atoms. The zero-order valence-corrected chi connectivity index (χ0v) is 22.5. The number of aromatic nitrogens is 1. The summed E-state index contributed by atoms with van der Waals surface area (Å²) in [6.07, 6.45) is 1.76. The molecule has 1 aliphatic rings. The molecule has 3 aromatic carbocycles.